The predicted molar refractivity (Wildman–Crippen MR) is 123 cm³/mol. The van der Waals surface area contributed by atoms with Crippen LogP contribution in [-0.2, 0) is 4.79 Å². The minimum absolute atomic E-state index is 0.200. The van der Waals surface area contributed by atoms with E-state index in [1.807, 2.05) is 0 Å². The van der Waals surface area contributed by atoms with Crippen molar-refractivity contribution in [3.8, 4) is 0 Å². The molecule has 4 atom stereocenters. The number of piperidine rings is 1. The highest BCUT2D eigenvalue weighted by Gasteiger charge is 2.46. The highest BCUT2D eigenvalue weighted by molar-refractivity contribution is 6.20. The fraction of sp³-hybridized carbons (Fsp3) is 0.519. The molecule has 2 aromatic carbocycles. The van der Waals surface area contributed by atoms with Gasteiger partial charge in [-0.15, -0.1) is 11.6 Å². The van der Waals surface area contributed by atoms with Crippen LogP contribution in [0.2, 0.25) is 0 Å². The Bertz CT molecular complexity index is 856. The van der Waals surface area contributed by atoms with Crippen molar-refractivity contribution in [1.29, 1.82) is 0 Å². The molecule has 5 rings (SSSR count). The van der Waals surface area contributed by atoms with Gasteiger partial charge < -0.3 is 4.90 Å². The van der Waals surface area contributed by atoms with Gasteiger partial charge in [0.05, 0.1) is 0 Å². The van der Waals surface area contributed by atoms with Gasteiger partial charge in [0.2, 0.25) is 5.91 Å². The quantitative estimate of drug-likeness (QED) is 0.518. The Morgan fingerprint density at radius 1 is 0.767 bits per heavy atom. The number of hydrogen-bond acceptors (Lipinski definition) is 1. The Labute approximate surface area is 185 Å². The third-order valence-corrected chi connectivity index (χ3v) is 8.03. The fourth-order valence-electron chi connectivity index (χ4n) is 5.68. The van der Waals surface area contributed by atoms with Crippen LogP contribution >= 0.6 is 11.6 Å². The van der Waals surface area contributed by atoms with Gasteiger partial charge in [-0.25, -0.2) is 0 Å². The van der Waals surface area contributed by atoms with Crippen molar-refractivity contribution in [2.24, 2.45) is 5.92 Å². The first-order chi connectivity index (χ1) is 14.7. The zero-order chi connectivity index (χ0) is 20.5. The Kier molecular flexibility index (Phi) is 5.87. The summed E-state index contributed by atoms with van der Waals surface area (Å²) in [7, 11) is 0. The summed E-state index contributed by atoms with van der Waals surface area (Å²) in [5.74, 6) is 2.22. The second-order valence-electron chi connectivity index (χ2n) is 9.59. The molecule has 0 aromatic heterocycles. The smallest absolute Gasteiger partial charge is 0.226 e. The summed E-state index contributed by atoms with van der Waals surface area (Å²) in [4.78, 5) is 15.2. The first-order valence-electron chi connectivity index (χ1n) is 11.8. The van der Waals surface area contributed by atoms with Gasteiger partial charge in [0.1, 0.15) is 0 Å². The Morgan fingerprint density at radius 2 is 1.43 bits per heavy atom. The zero-order valence-corrected chi connectivity index (χ0v) is 18.4. The zero-order valence-electron chi connectivity index (χ0n) is 17.7. The molecule has 1 aliphatic heterocycles. The maximum Gasteiger partial charge on any atom is 0.226 e. The first-order valence-corrected chi connectivity index (χ1v) is 12.2. The maximum absolute atomic E-state index is 13.0. The lowest BCUT2D eigenvalue weighted by Gasteiger charge is -2.32. The van der Waals surface area contributed by atoms with E-state index in [1.54, 1.807) is 0 Å². The van der Waals surface area contributed by atoms with Gasteiger partial charge in [-0.05, 0) is 73.0 Å². The molecule has 1 saturated heterocycles. The average Bonchev–Trinajstić information content (AvgIpc) is 3.60. The van der Waals surface area contributed by atoms with E-state index in [0.717, 1.165) is 45.2 Å². The fourth-order valence-corrected chi connectivity index (χ4v) is 6.05. The summed E-state index contributed by atoms with van der Waals surface area (Å²) in [5.41, 5.74) is 4.19. The number of carbonyl (C=O) groups is 1. The predicted octanol–water partition coefficient (Wildman–Crippen LogP) is 6.46. The number of hydrogen-bond donors (Lipinski definition) is 0. The van der Waals surface area contributed by atoms with Gasteiger partial charge in [0.25, 0.3) is 0 Å². The van der Waals surface area contributed by atoms with Crippen molar-refractivity contribution in [2.75, 3.05) is 13.1 Å². The van der Waals surface area contributed by atoms with Crippen molar-refractivity contribution >= 4 is 17.5 Å². The van der Waals surface area contributed by atoms with Gasteiger partial charge in [-0.1, -0.05) is 61.0 Å². The van der Waals surface area contributed by atoms with Crippen molar-refractivity contribution in [2.45, 2.75) is 68.1 Å². The number of alkyl halides is 1. The second kappa shape index (κ2) is 8.75. The molecular weight excluding hydrogens is 390 g/mol. The molecule has 158 valence electrons. The molecule has 4 unspecified atom stereocenters. The maximum atomic E-state index is 13.0. The van der Waals surface area contributed by atoms with Crippen LogP contribution in [0.15, 0.2) is 54.6 Å². The van der Waals surface area contributed by atoms with E-state index < -0.39 is 0 Å². The van der Waals surface area contributed by atoms with E-state index in [4.69, 9.17) is 11.6 Å². The topological polar surface area (TPSA) is 20.3 Å². The van der Waals surface area contributed by atoms with Gasteiger partial charge in [0.15, 0.2) is 0 Å². The van der Waals surface area contributed by atoms with Crippen LogP contribution in [0, 0.1) is 5.92 Å². The Morgan fingerprint density at radius 3 is 2.13 bits per heavy atom. The number of benzene rings is 2. The molecule has 0 radical (unpaired) electrons. The minimum atomic E-state index is 0.200. The molecule has 1 amide bonds. The lowest BCUT2D eigenvalue weighted by atomic mass is 9.83. The van der Waals surface area contributed by atoms with Crippen molar-refractivity contribution in [3.05, 3.63) is 71.3 Å². The lowest BCUT2D eigenvalue weighted by molar-refractivity contribution is -0.133. The normalized spacial score (nSPS) is 29.6. The van der Waals surface area contributed by atoms with Gasteiger partial charge in [-0.3, -0.25) is 4.79 Å². The third-order valence-electron chi connectivity index (χ3n) is 7.63. The molecule has 3 heteroatoms. The number of likely N-dealkylation sites (tertiary alicyclic amines) is 1. The van der Waals surface area contributed by atoms with Gasteiger partial charge >= 0.3 is 0 Å². The van der Waals surface area contributed by atoms with Gasteiger partial charge in [0, 0.05) is 24.4 Å². The Hall–Kier alpha value is -1.80. The molecule has 0 spiro atoms. The molecule has 1 heterocycles. The minimum Gasteiger partial charge on any atom is -0.342 e. The van der Waals surface area contributed by atoms with Gasteiger partial charge in [-0.2, -0.15) is 0 Å². The molecule has 0 N–H and O–H groups in total. The largest absolute Gasteiger partial charge is 0.342 e. The molecule has 2 saturated carbocycles. The van der Waals surface area contributed by atoms with Crippen LogP contribution in [0.1, 0.15) is 79.4 Å². The van der Waals surface area contributed by atoms with Crippen molar-refractivity contribution in [1.82, 2.24) is 4.90 Å². The van der Waals surface area contributed by atoms with E-state index in [2.05, 4.69) is 59.5 Å². The highest BCUT2D eigenvalue weighted by atomic mass is 35.5. The van der Waals surface area contributed by atoms with Crippen LogP contribution < -0.4 is 0 Å². The van der Waals surface area contributed by atoms with E-state index >= 15 is 0 Å². The number of nitrogens with zero attached hydrogens (tertiary/aromatic N) is 1. The van der Waals surface area contributed by atoms with Crippen LogP contribution in [0.5, 0.6) is 0 Å². The summed E-state index contributed by atoms with van der Waals surface area (Å²) in [6.07, 6.45) is 7.95. The molecule has 3 fully saturated rings. The summed E-state index contributed by atoms with van der Waals surface area (Å²) in [5, 5.41) is 0.333. The SMILES string of the molecule is O=C(C1CC1c1ccc(C2CCCC(Cl)C2)cc1)N1CCC(c2ccccc2)CC1. The second-order valence-corrected chi connectivity index (χ2v) is 10.2. The molecule has 3 aliphatic rings. The van der Waals surface area contributed by atoms with Crippen LogP contribution in [-0.4, -0.2) is 29.3 Å². The van der Waals surface area contributed by atoms with E-state index in [-0.39, 0.29) is 5.92 Å². The molecule has 0 bridgehead atoms. The third kappa shape index (κ3) is 4.30. The van der Waals surface area contributed by atoms with Crippen LogP contribution in [0.3, 0.4) is 0 Å². The summed E-state index contributed by atoms with van der Waals surface area (Å²) in [6.45, 7) is 1.81. The van der Waals surface area contributed by atoms with Crippen LogP contribution in [0.25, 0.3) is 0 Å². The van der Waals surface area contributed by atoms with Crippen LogP contribution in [0.4, 0.5) is 0 Å². The monoisotopic (exact) mass is 421 g/mol. The average molecular weight is 422 g/mol. The molecule has 30 heavy (non-hydrogen) atoms. The molecular formula is C27H32ClNO. The number of amides is 1. The van der Waals surface area contributed by atoms with E-state index in [0.29, 0.717) is 29.0 Å². The molecule has 2 aromatic rings. The summed E-state index contributed by atoms with van der Waals surface area (Å²) >= 11 is 6.38. The molecule has 2 aliphatic carbocycles. The first kappa shape index (κ1) is 20.1. The number of rotatable bonds is 4. The van der Waals surface area contributed by atoms with E-state index in [1.165, 1.54) is 29.5 Å². The highest BCUT2D eigenvalue weighted by Crippen LogP contribution is 2.49. The van der Waals surface area contributed by atoms with Crippen molar-refractivity contribution in [3.63, 3.8) is 0 Å². The lowest BCUT2D eigenvalue weighted by Crippen LogP contribution is -2.39. The molecule has 2 nitrogen and oxygen atoms in total. The number of halogens is 1. The van der Waals surface area contributed by atoms with E-state index in [9.17, 15) is 4.79 Å². The Balaban J connectivity index is 1.15. The summed E-state index contributed by atoms with van der Waals surface area (Å²) in [6, 6.07) is 19.9. The standard InChI is InChI=1S/C27H32ClNO/c28-24-8-4-7-23(17-24)20-9-11-22(12-10-20)25-18-26(25)27(30)29-15-13-21(14-16-29)19-5-2-1-3-6-19/h1-3,5-6,9-12,21,23-26H,4,7-8,13-18H2. The summed E-state index contributed by atoms with van der Waals surface area (Å²) < 4.78 is 0. The number of carbonyl (C=O) groups excluding carboxylic acids is 1. The van der Waals surface area contributed by atoms with Crippen molar-refractivity contribution < 1.29 is 4.79 Å².